The van der Waals surface area contributed by atoms with Crippen LogP contribution in [0, 0.1) is 5.82 Å². The van der Waals surface area contributed by atoms with E-state index >= 15 is 0 Å². The minimum absolute atomic E-state index is 0.151. The first kappa shape index (κ1) is 17.8. The van der Waals surface area contributed by atoms with Gasteiger partial charge in [-0.1, -0.05) is 6.07 Å². The fourth-order valence-electron chi connectivity index (χ4n) is 3.09. The molecule has 3 aromatic rings. The lowest BCUT2D eigenvalue weighted by atomic mass is 10.1. The molecule has 1 saturated heterocycles. The number of piperazine rings is 1. The van der Waals surface area contributed by atoms with E-state index in [1.807, 2.05) is 24.3 Å². The molecule has 1 amide bonds. The molecule has 1 N–H and O–H groups in total. The number of carbonyl (C=O) groups is 1. The summed E-state index contributed by atoms with van der Waals surface area (Å²) in [5, 5.41) is 11.7. The second-order valence-corrected chi connectivity index (χ2v) is 6.43. The third-order valence-electron chi connectivity index (χ3n) is 4.57. The summed E-state index contributed by atoms with van der Waals surface area (Å²) in [6.45, 7) is 2.39. The van der Waals surface area contributed by atoms with Crippen molar-refractivity contribution in [3.63, 3.8) is 0 Å². The maximum atomic E-state index is 13.3. The number of benzene rings is 1. The highest BCUT2D eigenvalue weighted by Crippen LogP contribution is 2.18. The number of amides is 1. The average Bonchev–Trinajstić information content (AvgIpc) is 2.75. The molecular formula is C20H19FN6O. The molecule has 1 fully saturated rings. The number of rotatable bonds is 4. The molecule has 0 spiro atoms. The summed E-state index contributed by atoms with van der Waals surface area (Å²) in [5.74, 6) is 0.857. The summed E-state index contributed by atoms with van der Waals surface area (Å²) in [4.78, 5) is 20.3. The Hall–Kier alpha value is -3.55. The highest BCUT2D eigenvalue weighted by atomic mass is 19.1. The van der Waals surface area contributed by atoms with Crippen molar-refractivity contribution >= 4 is 23.2 Å². The van der Waals surface area contributed by atoms with E-state index in [9.17, 15) is 9.18 Å². The Morgan fingerprint density at radius 1 is 0.964 bits per heavy atom. The van der Waals surface area contributed by atoms with E-state index in [1.54, 1.807) is 29.4 Å². The predicted octanol–water partition coefficient (Wildman–Crippen LogP) is 2.72. The fraction of sp³-hybridized carbons (Fsp3) is 0.200. The lowest BCUT2D eigenvalue weighted by molar-refractivity contribution is 0.0746. The molecule has 0 saturated carbocycles. The molecule has 0 atom stereocenters. The molecule has 7 nitrogen and oxygen atoms in total. The van der Waals surface area contributed by atoms with E-state index < -0.39 is 5.82 Å². The smallest absolute Gasteiger partial charge is 0.254 e. The van der Waals surface area contributed by atoms with Crippen LogP contribution in [-0.2, 0) is 0 Å². The topological polar surface area (TPSA) is 74.2 Å². The molecule has 4 rings (SSSR count). The number of nitrogens with zero attached hydrogens (tertiary/aromatic N) is 5. The van der Waals surface area contributed by atoms with E-state index in [4.69, 9.17) is 0 Å². The lowest BCUT2D eigenvalue weighted by Crippen LogP contribution is -2.49. The number of hydrogen-bond acceptors (Lipinski definition) is 6. The van der Waals surface area contributed by atoms with Crippen LogP contribution >= 0.6 is 0 Å². The summed E-state index contributed by atoms with van der Waals surface area (Å²) in [6.07, 6.45) is 3.41. The molecule has 28 heavy (non-hydrogen) atoms. The Labute approximate surface area is 161 Å². The van der Waals surface area contributed by atoms with Crippen molar-refractivity contribution in [2.75, 3.05) is 36.4 Å². The van der Waals surface area contributed by atoms with Gasteiger partial charge in [0, 0.05) is 49.8 Å². The van der Waals surface area contributed by atoms with E-state index in [0.29, 0.717) is 37.6 Å². The third-order valence-corrected chi connectivity index (χ3v) is 4.57. The largest absolute Gasteiger partial charge is 0.352 e. The maximum Gasteiger partial charge on any atom is 0.254 e. The van der Waals surface area contributed by atoms with Crippen molar-refractivity contribution < 1.29 is 9.18 Å². The number of aromatic nitrogens is 3. The minimum Gasteiger partial charge on any atom is -0.352 e. The quantitative estimate of drug-likeness (QED) is 0.753. The van der Waals surface area contributed by atoms with Crippen LogP contribution in [0.5, 0.6) is 0 Å². The first-order valence-corrected chi connectivity index (χ1v) is 8.99. The molecule has 0 unspecified atom stereocenters. The Morgan fingerprint density at radius 2 is 1.75 bits per heavy atom. The van der Waals surface area contributed by atoms with E-state index in [1.165, 1.54) is 12.1 Å². The van der Waals surface area contributed by atoms with Gasteiger partial charge in [-0.15, -0.1) is 10.2 Å². The molecule has 2 aromatic heterocycles. The third kappa shape index (κ3) is 4.06. The second-order valence-electron chi connectivity index (χ2n) is 6.43. The number of anilines is 3. The van der Waals surface area contributed by atoms with Crippen molar-refractivity contribution in [3.8, 4) is 0 Å². The minimum atomic E-state index is -0.403. The first-order chi connectivity index (χ1) is 13.7. The van der Waals surface area contributed by atoms with Crippen molar-refractivity contribution in [1.82, 2.24) is 20.1 Å². The Morgan fingerprint density at radius 3 is 2.43 bits per heavy atom. The number of carbonyl (C=O) groups excluding carboxylic acids is 1. The summed E-state index contributed by atoms with van der Waals surface area (Å²) in [6, 6.07) is 13.3. The molecule has 0 bridgehead atoms. The highest BCUT2D eigenvalue weighted by molar-refractivity contribution is 5.94. The van der Waals surface area contributed by atoms with Crippen molar-refractivity contribution in [2.45, 2.75) is 0 Å². The molecule has 1 aromatic carbocycles. The van der Waals surface area contributed by atoms with Gasteiger partial charge in [-0.2, -0.15) is 0 Å². The van der Waals surface area contributed by atoms with Crippen LogP contribution in [0.25, 0.3) is 0 Å². The lowest BCUT2D eigenvalue weighted by Gasteiger charge is -2.35. The highest BCUT2D eigenvalue weighted by Gasteiger charge is 2.23. The molecule has 0 radical (unpaired) electrons. The maximum absolute atomic E-state index is 13.3. The van der Waals surface area contributed by atoms with Gasteiger partial charge in [0.15, 0.2) is 11.6 Å². The standard InChI is InChI=1S/C20H19FN6O/c21-16-3-1-2-15(14-16)20(28)27-12-10-26(11-13-27)19-5-4-18(24-25-19)23-17-6-8-22-9-7-17/h1-9,14H,10-13H2,(H,22,23,24). The molecule has 3 heterocycles. The predicted molar refractivity (Wildman–Crippen MR) is 104 cm³/mol. The Kier molecular flexibility index (Phi) is 5.09. The van der Waals surface area contributed by atoms with Crippen molar-refractivity contribution in [2.24, 2.45) is 0 Å². The van der Waals surface area contributed by atoms with Crippen LogP contribution in [0.2, 0.25) is 0 Å². The summed E-state index contributed by atoms with van der Waals surface area (Å²) in [7, 11) is 0. The van der Waals surface area contributed by atoms with Crippen LogP contribution in [0.3, 0.4) is 0 Å². The molecule has 8 heteroatoms. The SMILES string of the molecule is O=C(c1cccc(F)c1)N1CCN(c2ccc(Nc3ccncc3)nn2)CC1. The molecule has 0 aliphatic carbocycles. The van der Waals surface area contributed by atoms with Crippen LogP contribution < -0.4 is 10.2 Å². The van der Waals surface area contributed by atoms with Crippen LogP contribution in [0.1, 0.15) is 10.4 Å². The number of nitrogens with one attached hydrogen (secondary N) is 1. The van der Waals surface area contributed by atoms with Gasteiger partial charge in [0.25, 0.3) is 5.91 Å². The van der Waals surface area contributed by atoms with Gasteiger partial charge >= 0.3 is 0 Å². The molecule has 142 valence electrons. The van der Waals surface area contributed by atoms with Gasteiger partial charge < -0.3 is 15.1 Å². The van der Waals surface area contributed by atoms with Crippen LogP contribution in [-0.4, -0.2) is 52.2 Å². The van der Waals surface area contributed by atoms with Crippen molar-refractivity contribution in [3.05, 3.63) is 72.3 Å². The number of halogens is 1. The number of pyridine rings is 1. The summed E-state index contributed by atoms with van der Waals surface area (Å²) < 4.78 is 13.3. The summed E-state index contributed by atoms with van der Waals surface area (Å²) >= 11 is 0. The van der Waals surface area contributed by atoms with Gasteiger partial charge in [-0.05, 0) is 42.5 Å². The van der Waals surface area contributed by atoms with Crippen LogP contribution in [0.15, 0.2) is 60.9 Å². The van der Waals surface area contributed by atoms with Crippen molar-refractivity contribution in [1.29, 1.82) is 0 Å². The monoisotopic (exact) mass is 378 g/mol. The normalized spacial score (nSPS) is 14.0. The zero-order chi connectivity index (χ0) is 19.3. The van der Waals surface area contributed by atoms with Crippen LogP contribution in [0.4, 0.5) is 21.7 Å². The van der Waals surface area contributed by atoms with Gasteiger partial charge in [0.2, 0.25) is 0 Å². The zero-order valence-electron chi connectivity index (χ0n) is 15.1. The van der Waals surface area contributed by atoms with E-state index in [2.05, 4.69) is 25.4 Å². The summed E-state index contributed by atoms with van der Waals surface area (Å²) in [5.41, 5.74) is 1.27. The van der Waals surface area contributed by atoms with Gasteiger partial charge in [0.05, 0.1) is 0 Å². The van der Waals surface area contributed by atoms with Gasteiger partial charge in [0.1, 0.15) is 5.82 Å². The first-order valence-electron chi connectivity index (χ1n) is 8.99. The van der Waals surface area contributed by atoms with Gasteiger partial charge in [-0.3, -0.25) is 9.78 Å². The average molecular weight is 378 g/mol. The van der Waals surface area contributed by atoms with E-state index in [-0.39, 0.29) is 5.91 Å². The zero-order valence-corrected chi connectivity index (χ0v) is 15.1. The molecule has 1 aliphatic rings. The Balaban J connectivity index is 1.35. The Bertz CT molecular complexity index is 942. The fourth-order valence-corrected chi connectivity index (χ4v) is 3.09. The number of hydrogen-bond donors (Lipinski definition) is 1. The second kappa shape index (κ2) is 7.99. The molecule has 1 aliphatic heterocycles. The van der Waals surface area contributed by atoms with Gasteiger partial charge in [-0.25, -0.2) is 4.39 Å². The molecular weight excluding hydrogens is 359 g/mol. The van der Waals surface area contributed by atoms with E-state index in [0.717, 1.165) is 11.5 Å².